The average molecular weight is 141 g/mol. The lowest BCUT2D eigenvalue weighted by Gasteiger charge is -2.08. The Morgan fingerprint density at radius 1 is 1.40 bits per heavy atom. The SMILES string of the molecule is OCC1CC2CCCC2N1. The molecule has 10 heavy (non-hydrogen) atoms. The van der Waals surface area contributed by atoms with Gasteiger partial charge in [0.25, 0.3) is 0 Å². The van der Waals surface area contributed by atoms with Gasteiger partial charge in [-0.25, -0.2) is 0 Å². The Hall–Kier alpha value is -0.0800. The smallest absolute Gasteiger partial charge is 0.0584 e. The highest BCUT2D eigenvalue weighted by Crippen LogP contribution is 2.34. The van der Waals surface area contributed by atoms with Crippen LogP contribution in [-0.2, 0) is 0 Å². The van der Waals surface area contributed by atoms with Gasteiger partial charge in [-0.1, -0.05) is 6.42 Å². The topological polar surface area (TPSA) is 32.3 Å². The molecule has 58 valence electrons. The van der Waals surface area contributed by atoms with Gasteiger partial charge in [0.05, 0.1) is 6.61 Å². The first-order valence-corrected chi connectivity index (χ1v) is 4.27. The lowest BCUT2D eigenvalue weighted by molar-refractivity contribution is 0.248. The van der Waals surface area contributed by atoms with E-state index in [0.29, 0.717) is 12.6 Å². The third-order valence-electron chi connectivity index (χ3n) is 2.92. The van der Waals surface area contributed by atoms with Gasteiger partial charge in [0.1, 0.15) is 0 Å². The number of rotatable bonds is 1. The van der Waals surface area contributed by atoms with E-state index in [2.05, 4.69) is 5.32 Å². The number of aliphatic hydroxyl groups excluding tert-OH is 1. The van der Waals surface area contributed by atoms with Crippen molar-refractivity contribution < 1.29 is 5.11 Å². The van der Waals surface area contributed by atoms with Crippen molar-refractivity contribution in [2.45, 2.75) is 37.8 Å². The minimum atomic E-state index is 0.326. The van der Waals surface area contributed by atoms with Crippen LogP contribution in [0.1, 0.15) is 25.7 Å². The van der Waals surface area contributed by atoms with Crippen LogP contribution < -0.4 is 5.32 Å². The summed E-state index contributed by atoms with van der Waals surface area (Å²) in [4.78, 5) is 0. The first-order valence-electron chi connectivity index (χ1n) is 4.27. The highest BCUT2D eigenvalue weighted by atomic mass is 16.3. The molecule has 2 aliphatic rings. The quantitative estimate of drug-likeness (QED) is 0.557. The Morgan fingerprint density at radius 2 is 2.30 bits per heavy atom. The molecule has 1 aliphatic heterocycles. The Morgan fingerprint density at radius 3 is 3.00 bits per heavy atom. The van der Waals surface area contributed by atoms with Crippen LogP contribution in [0.2, 0.25) is 0 Å². The predicted molar refractivity (Wildman–Crippen MR) is 39.8 cm³/mol. The summed E-state index contributed by atoms with van der Waals surface area (Å²) in [5.74, 6) is 0.886. The van der Waals surface area contributed by atoms with Gasteiger partial charge >= 0.3 is 0 Å². The molecule has 1 saturated carbocycles. The molecule has 0 aromatic heterocycles. The van der Waals surface area contributed by atoms with Crippen LogP contribution in [-0.4, -0.2) is 23.8 Å². The number of fused-ring (bicyclic) bond motifs is 1. The first kappa shape index (κ1) is 6.62. The minimum absolute atomic E-state index is 0.326. The maximum absolute atomic E-state index is 8.86. The molecule has 0 bridgehead atoms. The van der Waals surface area contributed by atoms with Gasteiger partial charge in [0.2, 0.25) is 0 Å². The van der Waals surface area contributed by atoms with Gasteiger partial charge in [0.15, 0.2) is 0 Å². The Labute approximate surface area is 61.6 Å². The third-order valence-corrected chi connectivity index (χ3v) is 2.92. The predicted octanol–water partition coefficient (Wildman–Crippen LogP) is 0.509. The molecule has 2 rings (SSSR count). The summed E-state index contributed by atoms with van der Waals surface area (Å²) >= 11 is 0. The molecule has 0 spiro atoms. The molecule has 0 aromatic carbocycles. The molecule has 0 aromatic rings. The van der Waals surface area contributed by atoms with Crippen LogP contribution in [0.25, 0.3) is 0 Å². The lowest BCUT2D eigenvalue weighted by Crippen LogP contribution is -2.31. The molecule has 0 amide bonds. The number of nitrogens with one attached hydrogen (secondary N) is 1. The lowest BCUT2D eigenvalue weighted by atomic mass is 10.0. The van der Waals surface area contributed by atoms with E-state index in [0.717, 1.165) is 12.0 Å². The molecule has 2 N–H and O–H groups in total. The normalized spacial score (nSPS) is 45.9. The summed E-state index contributed by atoms with van der Waals surface area (Å²) in [7, 11) is 0. The zero-order valence-corrected chi connectivity index (χ0v) is 6.21. The maximum atomic E-state index is 8.86. The van der Waals surface area contributed by atoms with E-state index in [-0.39, 0.29) is 0 Å². The number of hydrogen-bond acceptors (Lipinski definition) is 2. The summed E-state index contributed by atoms with van der Waals surface area (Å²) in [6.07, 6.45) is 5.32. The van der Waals surface area contributed by atoms with Gasteiger partial charge in [-0.3, -0.25) is 0 Å². The number of aliphatic hydroxyl groups is 1. The Bertz CT molecular complexity index is 114. The second kappa shape index (κ2) is 2.51. The molecule has 2 nitrogen and oxygen atoms in total. The summed E-state index contributed by atoms with van der Waals surface area (Å²) in [5, 5.41) is 12.3. The van der Waals surface area contributed by atoms with Crippen molar-refractivity contribution in [3.63, 3.8) is 0 Å². The minimum Gasteiger partial charge on any atom is -0.395 e. The van der Waals surface area contributed by atoms with Crippen molar-refractivity contribution in [2.75, 3.05) is 6.61 Å². The molecule has 2 fully saturated rings. The zero-order valence-electron chi connectivity index (χ0n) is 6.21. The van der Waals surface area contributed by atoms with E-state index >= 15 is 0 Å². The molecule has 1 aliphatic carbocycles. The van der Waals surface area contributed by atoms with Crippen LogP contribution in [0.5, 0.6) is 0 Å². The monoisotopic (exact) mass is 141 g/mol. The fourth-order valence-corrected chi connectivity index (χ4v) is 2.40. The molecular weight excluding hydrogens is 126 g/mol. The summed E-state index contributed by atoms with van der Waals surface area (Å²) in [5.41, 5.74) is 0. The zero-order chi connectivity index (χ0) is 6.97. The van der Waals surface area contributed by atoms with Gasteiger partial charge in [-0.15, -0.1) is 0 Å². The van der Waals surface area contributed by atoms with Crippen LogP contribution in [0.3, 0.4) is 0 Å². The van der Waals surface area contributed by atoms with Crippen molar-refractivity contribution in [1.82, 2.24) is 5.32 Å². The average Bonchev–Trinajstić information content (AvgIpc) is 2.42. The highest BCUT2D eigenvalue weighted by Gasteiger charge is 2.35. The Kier molecular flexibility index (Phi) is 1.66. The maximum Gasteiger partial charge on any atom is 0.0584 e. The van der Waals surface area contributed by atoms with Crippen molar-refractivity contribution in [3.05, 3.63) is 0 Å². The van der Waals surface area contributed by atoms with Crippen LogP contribution in [0, 0.1) is 5.92 Å². The van der Waals surface area contributed by atoms with E-state index in [1.165, 1.54) is 25.7 Å². The van der Waals surface area contributed by atoms with Gasteiger partial charge in [-0.05, 0) is 25.2 Å². The second-order valence-electron chi connectivity index (χ2n) is 3.58. The summed E-state index contributed by atoms with van der Waals surface area (Å²) in [6.45, 7) is 0.326. The van der Waals surface area contributed by atoms with E-state index < -0.39 is 0 Å². The molecule has 0 radical (unpaired) electrons. The third kappa shape index (κ3) is 0.956. The van der Waals surface area contributed by atoms with E-state index in [9.17, 15) is 0 Å². The summed E-state index contributed by atoms with van der Waals surface area (Å²) < 4.78 is 0. The Balaban J connectivity index is 1.94. The number of hydrogen-bond donors (Lipinski definition) is 2. The molecule has 1 heterocycles. The van der Waals surface area contributed by atoms with Crippen LogP contribution in [0.15, 0.2) is 0 Å². The first-order chi connectivity index (χ1) is 4.90. The largest absolute Gasteiger partial charge is 0.395 e. The van der Waals surface area contributed by atoms with Gasteiger partial charge < -0.3 is 10.4 Å². The van der Waals surface area contributed by atoms with Crippen LogP contribution >= 0.6 is 0 Å². The van der Waals surface area contributed by atoms with Gasteiger partial charge in [-0.2, -0.15) is 0 Å². The molecule has 3 atom stereocenters. The molecule has 2 heteroatoms. The van der Waals surface area contributed by atoms with E-state index in [4.69, 9.17) is 5.11 Å². The van der Waals surface area contributed by atoms with Crippen molar-refractivity contribution in [3.8, 4) is 0 Å². The molecular formula is C8H15NO. The standard InChI is InChI=1S/C8H15NO/c10-5-7-4-6-2-1-3-8(6)9-7/h6-10H,1-5H2. The molecule has 3 unspecified atom stereocenters. The van der Waals surface area contributed by atoms with Crippen LogP contribution in [0.4, 0.5) is 0 Å². The molecule has 1 saturated heterocycles. The fraction of sp³-hybridized carbons (Fsp3) is 1.00. The highest BCUT2D eigenvalue weighted by molar-refractivity contribution is 4.93. The van der Waals surface area contributed by atoms with E-state index in [1.54, 1.807) is 0 Å². The summed E-state index contributed by atoms with van der Waals surface area (Å²) in [6, 6.07) is 1.16. The van der Waals surface area contributed by atoms with Crippen molar-refractivity contribution >= 4 is 0 Å². The fourth-order valence-electron chi connectivity index (χ4n) is 2.40. The van der Waals surface area contributed by atoms with Crippen molar-refractivity contribution in [1.29, 1.82) is 0 Å². The van der Waals surface area contributed by atoms with Crippen molar-refractivity contribution in [2.24, 2.45) is 5.92 Å². The van der Waals surface area contributed by atoms with Gasteiger partial charge in [0, 0.05) is 12.1 Å². The van der Waals surface area contributed by atoms with E-state index in [1.807, 2.05) is 0 Å². The second-order valence-corrected chi connectivity index (χ2v) is 3.58.